The fourth-order valence-electron chi connectivity index (χ4n) is 1.65. The van der Waals surface area contributed by atoms with Crippen molar-refractivity contribution in [3.05, 3.63) is 64.9 Å². The molecule has 0 fully saturated rings. The Morgan fingerprint density at radius 3 is 2.67 bits per heavy atom. The van der Waals surface area contributed by atoms with Crippen molar-refractivity contribution >= 4 is 17.5 Å². The summed E-state index contributed by atoms with van der Waals surface area (Å²) in [7, 11) is 0. The van der Waals surface area contributed by atoms with E-state index in [1.54, 1.807) is 36.7 Å². The minimum Gasteiger partial charge on any atom is -0.346 e. The standard InChI is InChI=1S/C14H13ClN2O/c1-10(11-5-7-16-8-6-11)17-14(18)12-3-2-4-13(15)9-12/h2-10H,1H3,(H,17,18)/t10-/m0/s1. The Morgan fingerprint density at radius 1 is 1.28 bits per heavy atom. The molecule has 0 spiro atoms. The van der Waals surface area contributed by atoms with Crippen LogP contribution in [-0.4, -0.2) is 10.9 Å². The molecule has 0 aliphatic rings. The van der Waals surface area contributed by atoms with E-state index in [9.17, 15) is 4.79 Å². The Labute approximate surface area is 111 Å². The molecule has 1 aromatic carbocycles. The number of pyridine rings is 1. The quantitative estimate of drug-likeness (QED) is 0.921. The van der Waals surface area contributed by atoms with Gasteiger partial charge in [0.15, 0.2) is 0 Å². The molecule has 0 bridgehead atoms. The van der Waals surface area contributed by atoms with E-state index in [1.165, 1.54) is 0 Å². The van der Waals surface area contributed by atoms with Crippen LogP contribution in [-0.2, 0) is 0 Å². The molecule has 0 radical (unpaired) electrons. The van der Waals surface area contributed by atoms with Crippen molar-refractivity contribution in [2.24, 2.45) is 0 Å². The average molecular weight is 261 g/mol. The Morgan fingerprint density at radius 2 is 2.00 bits per heavy atom. The van der Waals surface area contributed by atoms with Crippen LogP contribution in [0.2, 0.25) is 5.02 Å². The third kappa shape index (κ3) is 3.08. The molecule has 18 heavy (non-hydrogen) atoms. The van der Waals surface area contributed by atoms with Gasteiger partial charge in [-0.3, -0.25) is 9.78 Å². The van der Waals surface area contributed by atoms with E-state index >= 15 is 0 Å². The van der Waals surface area contributed by atoms with Gasteiger partial charge >= 0.3 is 0 Å². The number of aromatic nitrogens is 1. The van der Waals surface area contributed by atoms with E-state index in [2.05, 4.69) is 10.3 Å². The van der Waals surface area contributed by atoms with Crippen molar-refractivity contribution in [3.8, 4) is 0 Å². The van der Waals surface area contributed by atoms with Gasteiger partial charge in [-0.05, 0) is 42.8 Å². The normalized spacial score (nSPS) is 11.9. The minimum atomic E-state index is -0.137. The van der Waals surface area contributed by atoms with E-state index in [1.807, 2.05) is 19.1 Å². The molecular weight excluding hydrogens is 248 g/mol. The number of hydrogen-bond donors (Lipinski definition) is 1. The Bertz CT molecular complexity index is 543. The van der Waals surface area contributed by atoms with Gasteiger partial charge in [0.05, 0.1) is 6.04 Å². The van der Waals surface area contributed by atoms with Crippen LogP contribution >= 0.6 is 11.6 Å². The second-order valence-electron chi connectivity index (χ2n) is 3.99. The summed E-state index contributed by atoms with van der Waals surface area (Å²) in [5, 5.41) is 3.47. The lowest BCUT2D eigenvalue weighted by Gasteiger charge is -2.14. The summed E-state index contributed by atoms with van der Waals surface area (Å²) in [4.78, 5) is 15.9. The zero-order valence-corrected chi connectivity index (χ0v) is 10.7. The third-order valence-electron chi connectivity index (χ3n) is 2.64. The molecule has 1 amide bonds. The van der Waals surface area contributed by atoms with Gasteiger partial charge in [-0.1, -0.05) is 17.7 Å². The number of amides is 1. The predicted molar refractivity (Wildman–Crippen MR) is 71.6 cm³/mol. The van der Waals surface area contributed by atoms with Crippen LogP contribution in [0.4, 0.5) is 0 Å². The number of halogens is 1. The largest absolute Gasteiger partial charge is 0.346 e. The molecule has 3 nitrogen and oxygen atoms in total. The van der Waals surface area contributed by atoms with Gasteiger partial charge in [-0.2, -0.15) is 0 Å². The first-order valence-corrected chi connectivity index (χ1v) is 6.01. The minimum absolute atomic E-state index is 0.0699. The van der Waals surface area contributed by atoms with Crippen LogP contribution in [0.1, 0.15) is 28.9 Å². The number of nitrogens with zero attached hydrogens (tertiary/aromatic N) is 1. The van der Waals surface area contributed by atoms with E-state index in [-0.39, 0.29) is 11.9 Å². The van der Waals surface area contributed by atoms with Crippen molar-refractivity contribution in [2.75, 3.05) is 0 Å². The molecule has 1 aromatic heterocycles. The summed E-state index contributed by atoms with van der Waals surface area (Å²) < 4.78 is 0. The van der Waals surface area contributed by atoms with E-state index < -0.39 is 0 Å². The molecule has 0 unspecified atom stereocenters. The number of carbonyl (C=O) groups is 1. The maximum Gasteiger partial charge on any atom is 0.251 e. The van der Waals surface area contributed by atoms with Crippen molar-refractivity contribution < 1.29 is 4.79 Å². The SMILES string of the molecule is C[C@H](NC(=O)c1cccc(Cl)c1)c1ccncc1. The summed E-state index contributed by atoms with van der Waals surface area (Å²) in [6, 6.07) is 10.6. The van der Waals surface area contributed by atoms with Crippen molar-refractivity contribution in [1.29, 1.82) is 0 Å². The number of carbonyl (C=O) groups excluding carboxylic acids is 1. The maximum absolute atomic E-state index is 12.0. The highest BCUT2D eigenvalue weighted by atomic mass is 35.5. The summed E-state index contributed by atoms with van der Waals surface area (Å²) in [6.45, 7) is 1.93. The molecule has 2 aromatic rings. The summed E-state index contributed by atoms with van der Waals surface area (Å²) in [6.07, 6.45) is 3.41. The molecule has 1 heterocycles. The highest BCUT2D eigenvalue weighted by Crippen LogP contribution is 2.14. The molecule has 2 rings (SSSR count). The third-order valence-corrected chi connectivity index (χ3v) is 2.88. The lowest BCUT2D eigenvalue weighted by molar-refractivity contribution is 0.0940. The van der Waals surface area contributed by atoms with Crippen LogP contribution in [0.3, 0.4) is 0 Å². The van der Waals surface area contributed by atoms with Gasteiger partial charge in [0.25, 0.3) is 5.91 Å². The molecule has 1 N–H and O–H groups in total. The fraction of sp³-hybridized carbons (Fsp3) is 0.143. The zero-order valence-electron chi connectivity index (χ0n) is 9.93. The van der Waals surface area contributed by atoms with Crippen molar-refractivity contribution in [2.45, 2.75) is 13.0 Å². The Balaban J connectivity index is 2.08. The highest BCUT2D eigenvalue weighted by Gasteiger charge is 2.11. The van der Waals surface area contributed by atoms with Gasteiger partial charge in [0.2, 0.25) is 0 Å². The van der Waals surface area contributed by atoms with Gasteiger partial charge in [-0.15, -0.1) is 0 Å². The van der Waals surface area contributed by atoms with Crippen molar-refractivity contribution in [1.82, 2.24) is 10.3 Å². The monoisotopic (exact) mass is 260 g/mol. The van der Waals surface area contributed by atoms with E-state index in [0.717, 1.165) is 5.56 Å². The summed E-state index contributed by atoms with van der Waals surface area (Å²) in [5.74, 6) is -0.137. The lowest BCUT2D eigenvalue weighted by atomic mass is 10.1. The maximum atomic E-state index is 12.0. The number of benzene rings is 1. The molecule has 92 valence electrons. The fourth-order valence-corrected chi connectivity index (χ4v) is 1.84. The molecule has 0 saturated carbocycles. The number of nitrogens with one attached hydrogen (secondary N) is 1. The van der Waals surface area contributed by atoms with Crippen molar-refractivity contribution in [3.63, 3.8) is 0 Å². The van der Waals surface area contributed by atoms with Gasteiger partial charge in [-0.25, -0.2) is 0 Å². The first-order chi connectivity index (χ1) is 8.66. The van der Waals surface area contributed by atoms with Crippen LogP contribution in [0, 0.1) is 0 Å². The van der Waals surface area contributed by atoms with Gasteiger partial charge in [0.1, 0.15) is 0 Å². The van der Waals surface area contributed by atoms with Gasteiger partial charge in [0, 0.05) is 23.0 Å². The smallest absolute Gasteiger partial charge is 0.251 e. The average Bonchev–Trinajstić information content (AvgIpc) is 2.39. The summed E-state index contributed by atoms with van der Waals surface area (Å²) >= 11 is 5.85. The first-order valence-electron chi connectivity index (χ1n) is 5.63. The van der Waals surface area contributed by atoms with Crippen LogP contribution in [0.5, 0.6) is 0 Å². The van der Waals surface area contributed by atoms with Gasteiger partial charge < -0.3 is 5.32 Å². The number of hydrogen-bond acceptors (Lipinski definition) is 2. The zero-order chi connectivity index (χ0) is 13.0. The topological polar surface area (TPSA) is 42.0 Å². The lowest BCUT2D eigenvalue weighted by Crippen LogP contribution is -2.26. The molecule has 4 heteroatoms. The van der Waals surface area contributed by atoms with Crippen LogP contribution in [0.15, 0.2) is 48.8 Å². The first kappa shape index (κ1) is 12.6. The molecule has 0 saturated heterocycles. The molecule has 0 aliphatic carbocycles. The molecular formula is C14H13ClN2O. The Hall–Kier alpha value is -1.87. The number of rotatable bonds is 3. The second kappa shape index (κ2) is 5.65. The van der Waals surface area contributed by atoms with Crippen LogP contribution in [0.25, 0.3) is 0 Å². The highest BCUT2D eigenvalue weighted by molar-refractivity contribution is 6.30. The van der Waals surface area contributed by atoms with E-state index in [4.69, 9.17) is 11.6 Å². The van der Waals surface area contributed by atoms with E-state index in [0.29, 0.717) is 10.6 Å². The Kier molecular flexibility index (Phi) is 3.95. The molecule has 0 aliphatic heterocycles. The molecule has 1 atom stereocenters. The second-order valence-corrected chi connectivity index (χ2v) is 4.42. The predicted octanol–water partition coefficient (Wildman–Crippen LogP) is 3.23. The van der Waals surface area contributed by atoms with Crippen LogP contribution < -0.4 is 5.32 Å². The summed E-state index contributed by atoms with van der Waals surface area (Å²) in [5.41, 5.74) is 1.57.